The standard InChI is InChI=1S/C17H26N2O5S/c1-17(2,3)23-16(20)19-9-8-14(11-19)15(24-25(21)22)13-6-4-12(10-18)5-7-13/h4-7,14-15,25H,8-11,18H2,1-3H3. The maximum Gasteiger partial charge on any atom is 0.410 e. The van der Waals surface area contributed by atoms with Gasteiger partial charge in [0.2, 0.25) is 0 Å². The van der Waals surface area contributed by atoms with E-state index >= 15 is 0 Å². The Morgan fingerprint density at radius 2 is 1.96 bits per heavy atom. The summed E-state index contributed by atoms with van der Waals surface area (Å²) in [4.78, 5) is 13.8. The molecule has 1 aromatic rings. The molecule has 1 aromatic carbocycles. The van der Waals surface area contributed by atoms with E-state index in [1.165, 1.54) is 0 Å². The van der Waals surface area contributed by atoms with Gasteiger partial charge >= 0.3 is 6.09 Å². The van der Waals surface area contributed by atoms with Gasteiger partial charge in [-0.1, -0.05) is 24.3 Å². The predicted molar refractivity (Wildman–Crippen MR) is 94.4 cm³/mol. The number of amides is 1. The van der Waals surface area contributed by atoms with Gasteiger partial charge in [-0.3, -0.25) is 4.18 Å². The van der Waals surface area contributed by atoms with Crippen molar-refractivity contribution in [3.63, 3.8) is 0 Å². The monoisotopic (exact) mass is 370 g/mol. The van der Waals surface area contributed by atoms with E-state index in [1.807, 2.05) is 45.0 Å². The Morgan fingerprint density at radius 3 is 2.48 bits per heavy atom. The normalized spacial score (nSPS) is 19.2. The van der Waals surface area contributed by atoms with Crippen LogP contribution in [0.1, 0.15) is 44.4 Å². The van der Waals surface area contributed by atoms with Gasteiger partial charge in [0.25, 0.3) is 11.0 Å². The molecule has 8 heteroatoms. The SMILES string of the molecule is CC(C)(C)OC(=O)N1CCC(C(O[SH](=O)=O)c2ccc(CN)cc2)C1. The van der Waals surface area contributed by atoms with Crippen LogP contribution in [0.25, 0.3) is 0 Å². The van der Waals surface area contributed by atoms with Gasteiger partial charge in [0, 0.05) is 25.6 Å². The fourth-order valence-electron chi connectivity index (χ4n) is 2.88. The first-order chi connectivity index (χ1) is 11.7. The van der Waals surface area contributed by atoms with Crippen molar-refractivity contribution in [1.82, 2.24) is 4.90 Å². The highest BCUT2D eigenvalue weighted by molar-refractivity contribution is 7.67. The quantitative estimate of drug-likeness (QED) is 0.769. The van der Waals surface area contributed by atoms with Crippen LogP contribution in [0, 0.1) is 5.92 Å². The largest absolute Gasteiger partial charge is 0.444 e. The molecule has 1 heterocycles. The Hall–Kier alpha value is -1.64. The van der Waals surface area contributed by atoms with E-state index in [-0.39, 0.29) is 5.92 Å². The molecule has 0 bridgehead atoms. The Morgan fingerprint density at radius 1 is 1.32 bits per heavy atom. The second-order valence-electron chi connectivity index (χ2n) is 7.17. The summed E-state index contributed by atoms with van der Waals surface area (Å²) in [5.41, 5.74) is 6.74. The van der Waals surface area contributed by atoms with E-state index < -0.39 is 28.8 Å². The summed E-state index contributed by atoms with van der Waals surface area (Å²) in [6.07, 6.45) is -0.370. The second-order valence-corrected chi connectivity index (χ2v) is 7.83. The molecule has 0 radical (unpaired) electrons. The van der Waals surface area contributed by atoms with Crippen LogP contribution in [-0.2, 0) is 26.4 Å². The van der Waals surface area contributed by atoms with E-state index in [4.69, 9.17) is 14.7 Å². The van der Waals surface area contributed by atoms with Crippen LogP contribution in [-0.4, -0.2) is 38.1 Å². The minimum Gasteiger partial charge on any atom is -0.444 e. The molecular weight excluding hydrogens is 344 g/mol. The molecule has 2 N–H and O–H groups in total. The summed E-state index contributed by atoms with van der Waals surface area (Å²) in [7, 11) is -3.00. The minimum absolute atomic E-state index is 0.121. The molecule has 140 valence electrons. The van der Waals surface area contributed by atoms with Crippen LogP contribution in [0.5, 0.6) is 0 Å². The first-order valence-electron chi connectivity index (χ1n) is 8.27. The molecule has 25 heavy (non-hydrogen) atoms. The van der Waals surface area contributed by atoms with Crippen LogP contribution in [0.15, 0.2) is 24.3 Å². The topological polar surface area (TPSA) is 98.9 Å². The molecule has 0 aliphatic carbocycles. The van der Waals surface area contributed by atoms with Crippen molar-refractivity contribution < 1.29 is 22.1 Å². The van der Waals surface area contributed by atoms with Gasteiger partial charge in [0.1, 0.15) is 11.7 Å². The summed E-state index contributed by atoms with van der Waals surface area (Å²) >= 11 is 0. The number of thiol groups is 1. The molecule has 1 aliphatic heterocycles. The number of hydrogen-bond acceptors (Lipinski definition) is 6. The molecule has 0 aromatic heterocycles. The zero-order chi connectivity index (χ0) is 18.6. The third-order valence-corrected chi connectivity index (χ3v) is 4.45. The summed E-state index contributed by atoms with van der Waals surface area (Å²) in [6, 6.07) is 7.35. The third-order valence-electron chi connectivity index (χ3n) is 4.05. The van der Waals surface area contributed by atoms with Crippen LogP contribution < -0.4 is 5.73 Å². The Labute approximate surface area is 150 Å². The molecule has 1 fully saturated rings. The first kappa shape index (κ1) is 19.7. The molecule has 0 saturated carbocycles. The molecule has 2 unspecified atom stereocenters. The number of benzene rings is 1. The molecule has 2 atom stereocenters. The average Bonchev–Trinajstić information content (AvgIpc) is 3.01. The number of nitrogens with two attached hydrogens (primary N) is 1. The van der Waals surface area contributed by atoms with Crippen molar-refractivity contribution in [2.24, 2.45) is 11.7 Å². The van der Waals surface area contributed by atoms with Crippen LogP contribution >= 0.6 is 0 Å². The van der Waals surface area contributed by atoms with Crippen molar-refractivity contribution in [2.45, 2.75) is 45.4 Å². The van der Waals surface area contributed by atoms with E-state index in [1.54, 1.807) is 4.90 Å². The number of carbonyl (C=O) groups is 1. The number of likely N-dealkylation sites (tertiary alicyclic amines) is 1. The summed E-state index contributed by atoms with van der Waals surface area (Å²) in [5.74, 6) is -0.121. The molecule has 1 aliphatic rings. The maximum absolute atomic E-state index is 12.2. The predicted octanol–water partition coefficient (Wildman–Crippen LogP) is 1.99. The van der Waals surface area contributed by atoms with Gasteiger partial charge < -0.3 is 15.4 Å². The minimum atomic E-state index is -3.00. The zero-order valence-electron chi connectivity index (χ0n) is 14.8. The van der Waals surface area contributed by atoms with E-state index in [0.29, 0.717) is 26.1 Å². The van der Waals surface area contributed by atoms with E-state index in [9.17, 15) is 13.2 Å². The van der Waals surface area contributed by atoms with Gasteiger partial charge in [-0.15, -0.1) is 0 Å². The molecule has 1 amide bonds. The first-order valence-corrected chi connectivity index (χ1v) is 9.37. The van der Waals surface area contributed by atoms with Crippen molar-refractivity contribution in [2.75, 3.05) is 13.1 Å². The van der Waals surface area contributed by atoms with Crippen LogP contribution in [0.3, 0.4) is 0 Å². The van der Waals surface area contributed by atoms with Crippen molar-refractivity contribution in [3.8, 4) is 0 Å². The second kappa shape index (κ2) is 8.16. The summed E-state index contributed by atoms with van der Waals surface area (Å²) < 4.78 is 32.9. The zero-order valence-corrected chi connectivity index (χ0v) is 15.7. The van der Waals surface area contributed by atoms with Crippen LogP contribution in [0.2, 0.25) is 0 Å². The lowest BCUT2D eigenvalue weighted by Crippen LogP contribution is -2.35. The van der Waals surface area contributed by atoms with Crippen molar-refractivity contribution in [1.29, 1.82) is 0 Å². The lowest BCUT2D eigenvalue weighted by atomic mass is 9.94. The Balaban J connectivity index is 2.12. The lowest BCUT2D eigenvalue weighted by molar-refractivity contribution is 0.0275. The summed E-state index contributed by atoms with van der Waals surface area (Å²) in [5, 5.41) is 0. The van der Waals surface area contributed by atoms with Gasteiger partial charge in [0.15, 0.2) is 0 Å². The molecule has 7 nitrogen and oxygen atoms in total. The average molecular weight is 370 g/mol. The fraction of sp³-hybridized carbons (Fsp3) is 0.588. The van der Waals surface area contributed by atoms with Crippen LogP contribution in [0.4, 0.5) is 4.79 Å². The highest BCUT2D eigenvalue weighted by Gasteiger charge is 2.35. The molecular formula is C17H26N2O5S. The lowest BCUT2D eigenvalue weighted by Gasteiger charge is -2.25. The number of carbonyl (C=O) groups excluding carboxylic acids is 1. The smallest absolute Gasteiger partial charge is 0.410 e. The molecule has 1 saturated heterocycles. The number of nitrogens with zero attached hydrogens (tertiary/aromatic N) is 1. The molecule has 0 spiro atoms. The van der Waals surface area contributed by atoms with E-state index in [2.05, 4.69) is 0 Å². The number of hydrogen-bond donors (Lipinski definition) is 2. The Kier molecular flexibility index (Phi) is 6.42. The van der Waals surface area contributed by atoms with Crippen molar-refractivity contribution >= 4 is 17.1 Å². The third kappa shape index (κ3) is 5.69. The Bertz CT molecular complexity index is 659. The highest BCUT2D eigenvalue weighted by atomic mass is 32.2. The van der Waals surface area contributed by atoms with Gasteiger partial charge in [-0.25, -0.2) is 13.2 Å². The van der Waals surface area contributed by atoms with Gasteiger partial charge in [0.05, 0.1) is 0 Å². The maximum atomic E-state index is 12.2. The number of ether oxygens (including phenoxy) is 1. The van der Waals surface area contributed by atoms with Crippen molar-refractivity contribution in [3.05, 3.63) is 35.4 Å². The summed E-state index contributed by atoms with van der Waals surface area (Å²) in [6.45, 7) is 6.75. The molecule has 2 rings (SSSR count). The fourth-order valence-corrected chi connectivity index (χ4v) is 3.36. The number of rotatable bonds is 5. The van der Waals surface area contributed by atoms with Gasteiger partial charge in [-0.05, 0) is 38.3 Å². The highest BCUT2D eigenvalue weighted by Crippen LogP contribution is 2.34. The van der Waals surface area contributed by atoms with Gasteiger partial charge in [-0.2, -0.15) is 0 Å². The van der Waals surface area contributed by atoms with E-state index in [0.717, 1.165) is 11.1 Å².